The molecule has 0 saturated carbocycles. The molecule has 2 aromatic carbocycles. The van der Waals surface area contributed by atoms with Crippen LogP contribution in [0.25, 0.3) is 11.1 Å². The van der Waals surface area contributed by atoms with E-state index in [4.69, 9.17) is 16.2 Å². The number of nitrogens with two attached hydrogens (primary N) is 2. The van der Waals surface area contributed by atoms with E-state index in [1.54, 1.807) is 43.5 Å². The van der Waals surface area contributed by atoms with Crippen molar-refractivity contribution in [1.29, 1.82) is 0 Å². The van der Waals surface area contributed by atoms with E-state index in [9.17, 15) is 5.11 Å². The topological polar surface area (TPSA) is 81.5 Å². The molecule has 0 amide bonds. The van der Waals surface area contributed by atoms with E-state index < -0.39 is 0 Å². The molecule has 4 nitrogen and oxygen atoms in total. The van der Waals surface area contributed by atoms with E-state index >= 15 is 0 Å². The molecule has 0 bridgehead atoms. The van der Waals surface area contributed by atoms with Gasteiger partial charge in [0.15, 0.2) is 0 Å². The molecule has 0 spiro atoms. The Hall–Kier alpha value is -2.36. The van der Waals surface area contributed by atoms with Crippen LogP contribution in [-0.4, -0.2) is 12.2 Å². The SMILES string of the molecule is COc1ccc(O)c(-c2ccc(N)cc2N)c1. The number of anilines is 2. The summed E-state index contributed by atoms with van der Waals surface area (Å²) < 4.78 is 5.12. The first-order valence-corrected chi connectivity index (χ1v) is 5.14. The summed E-state index contributed by atoms with van der Waals surface area (Å²) in [4.78, 5) is 0. The van der Waals surface area contributed by atoms with E-state index in [-0.39, 0.29) is 5.75 Å². The monoisotopic (exact) mass is 230 g/mol. The van der Waals surface area contributed by atoms with Gasteiger partial charge in [0, 0.05) is 22.5 Å². The summed E-state index contributed by atoms with van der Waals surface area (Å²) in [5.74, 6) is 0.816. The van der Waals surface area contributed by atoms with Crippen molar-refractivity contribution in [3.63, 3.8) is 0 Å². The first-order valence-electron chi connectivity index (χ1n) is 5.14. The van der Waals surface area contributed by atoms with Crippen LogP contribution in [0.5, 0.6) is 11.5 Å². The fourth-order valence-electron chi connectivity index (χ4n) is 1.68. The Kier molecular flexibility index (Phi) is 2.78. The van der Waals surface area contributed by atoms with Crippen LogP contribution in [0.1, 0.15) is 0 Å². The van der Waals surface area contributed by atoms with Crippen LogP contribution < -0.4 is 16.2 Å². The van der Waals surface area contributed by atoms with Crippen LogP contribution in [0.2, 0.25) is 0 Å². The van der Waals surface area contributed by atoms with Gasteiger partial charge in [-0.25, -0.2) is 0 Å². The van der Waals surface area contributed by atoms with E-state index in [1.165, 1.54) is 0 Å². The van der Waals surface area contributed by atoms with Crippen LogP contribution in [0.4, 0.5) is 11.4 Å². The highest BCUT2D eigenvalue weighted by Gasteiger charge is 2.09. The molecule has 0 unspecified atom stereocenters. The lowest BCUT2D eigenvalue weighted by Gasteiger charge is -2.10. The predicted octanol–water partition coefficient (Wildman–Crippen LogP) is 2.23. The first-order chi connectivity index (χ1) is 8.11. The second-order valence-corrected chi connectivity index (χ2v) is 3.73. The summed E-state index contributed by atoms with van der Waals surface area (Å²) in [5, 5.41) is 9.84. The molecular weight excluding hydrogens is 216 g/mol. The third-order valence-electron chi connectivity index (χ3n) is 2.57. The van der Waals surface area contributed by atoms with Crippen LogP contribution >= 0.6 is 0 Å². The van der Waals surface area contributed by atoms with Gasteiger partial charge in [-0.15, -0.1) is 0 Å². The highest BCUT2D eigenvalue weighted by atomic mass is 16.5. The Morgan fingerprint density at radius 2 is 1.76 bits per heavy atom. The van der Waals surface area contributed by atoms with Crippen LogP contribution in [-0.2, 0) is 0 Å². The van der Waals surface area contributed by atoms with Crippen molar-refractivity contribution in [2.75, 3.05) is 18.6 Å². The number of ether oxygens (including phenoxy) is 1. The lowest BCUT2D eigenvalue weighted by molar-refractivity contribution is 0.412. The molecule has 17 heavy (non-hydrogen) atoms. The number of phenolic OH excluding ortho intramolecular Hbond substituents is 1. The first kappa shape index (κ1) is 11.1. The molecule has 0 aliphatic rings. The predicted molar refractivity (Wildman–Crippen MR) is 68.9 cm³/mol. The number of methoxy groups -OCH3 is 1. The molecule has 0 atom stereocenters. The number of hydrogen-bond donors (Lipinski definition) is 3. The maximum atomic E-state index is 9.84. The zero-order valence-electron chi connectivity index (χ0n) is 9.47. The van der Waals surface area contributed by atoms with Gasteiger partial charge in [0.1, 0.15) is 11.5 Å². The van der Waals surface area contributed by atoms with Crippen molar-refractivity contribution in [2.24, 2.45) is 0 Å². The molecule has 0 aromatic heterocycles. The molecule has 0 aliphatic carbocycles. The van der Waals surface area contributed by atoms with Gasteiger partial charge in [0.25, 0.3) is 0 Å². The van der Waals surface area contributed by atoms with Gasteiger partial charge in [-0.3, -0.25) is 0 Å². The smallest absolute Gasteiger partial charge is 0.123 e. The molecule has 0 radical (unpaired) electrons. The Morgan fingerprint density at radius 1 is 1.00 bits per heavy atom. The van der Waals surface area contributed by atoms with Crippen LogP contribution in [0.15, 0.2) is 36.4 Å². The number of aromatic hydroxyl groups is 1. The molecular formula is C13H14N2O2. The van der Waals surface area contributed by atoms with Crippen molar-refractivity contribution in [3.05, 3.63) is 36.4 Å². The van der Waals surface area contributed by atoms with Crippen molar-refractivity contribution >= 4 is 11.4 Å². The standard InChI is InChI=1S/C13H14N2O2/c1-17-9-3-5-13(16)11(7-9)10-4-2-8(14)6-12(10)15/h2-7,16H,14-15H2,1H3. The average Bonchev–Trinajstić information content (AvgIpc) is 2.30. The average molecular weight is 230 g/mol. The minimum atomic E-state index is 0.155. The molecule has 4 heteroatoms. The molecule has 0 heterocycles. The second kappa shape index (κ2) is 4.25. The third kappa shape index (κ3) is 2.10. The highest BCUT2D eigenvalue weighted by Crippen LogP contribution is 2.36. The summed E-state index contributed by atoms with van der Waals surface area (Å²) in [6, 6.07) is 10.2. The van der Waals surface area contributed by atoms with Gasteiger partial charge in [-0.2, -0.15) is 0 Å². The molecule has 0 aliphatic heterocycles. The Bertz CT molecular complexity index is 553. The van der Waals surface area contributed by atoms with E-state index in [2.05, 4.69) is 0 Å². The highest BCUT2D eigenvalue weighted by molar-refractivity contribution is 5.82. The van der Waals surface area contributed by atoms with Crippen molar-refractivity contribution < 1.29 is 9.84 Å². The lowest BCUT2D eigenvalue weighted by Crippen LogP contribution is -1.94. The summed E-state index contributed by atoms with van der Waals surface area (Å²) >= 11 is 0. The van der Waals surface area contributed by atoms with Crippen LogP contribution in [0.3, 0.4) is 0 Å². The van der Waals surface area contributed by atoms with Crippen LogP contribution in [0, 0.1) is 0 Å². The number of rotatable bonds is 2. The summed E-state index contributed by atoms with van der Waals surface area (Å²) in [6.45, 7) is 0. The zero-order chi connectivity index (χ0) is 12.4. The number of nitrogen functional groups attached to an aromatic ring is 2. The van der Waals surface area contributed by atoms with Crippen molar-refractivity contribution in [2.45, 2.75) is 0 Å². The molecule has 0 saturated heterocycles. The Balaban J connectivity index is 2.59. The lowest BCUT2D eigenvalue weighted by atomic mass is 10.0. The van der Waals surface area contributed by atoms with Gasteiger partial charge in [-0.1, -0.05) is 6.07 Å². The Morgan fingerprint density at radius 3 is 2.41 bits per heavy atom. The zero-order valence-corrected chi connectivity index (χ0v) is 9.47. The molecule has 5 N–H and O–H groups in total. The molecule has 2 aromatic rings. The minimum absolute atomic E-state index is 0.155. The molecule has 88 valence electrons. The largest absolute Gasteiger partial charge is 0.507 e. The Labute approximate surface area is 99.4 Å². The van der Waals surface area contributed by atoms with Gasteiger partial charge < -0.3 is 21.3 Å². The second-order valence-electron chi connectivity index (χ2n) is 3.73. The van der Waals surface area contributed by atoms with E-state index in [1.807, 2.05) is 0 Å². The fourth-order valence-corrected chi connectivity index (χ4v) is 1.68. The molecule has 2 rings (SSSR count). The van der Waals surface area contributed by atoms with Gasteiger partial charge in [0.05, 0.1) is 7.11 Å². The van der Waals surface area contributed by atoms with Crippen molar-refractivity contribution in [3.8, 4) is 22.6 Å². The van der Waals surface area contributed by atoms with E-state index in [0.29, 0.717) is 22.7 Å². The third-order valence-corrected chi connectivity index (χ3v) is 2.57. The quantitative estimate of drug-likeness (QED) is 0.691. The minimum Gasteiger partial charge on any atom is -0.507 e. The summed E-state index contributed by atoms with van der Waals surface area (Å²) in [6.07, 6.45) is 0. The molecule has 0 fully saturated rings. The maximum Gasteiger partial charge on any atom is 0.123 e. The van der Waals surface area contributed by atoms with Gasteiger partial charge >= 0.3 is 0 Å². The maximum absolute atomic E-state index is 9.84. The summed E-state index contributed by atoms with van der Waals surface area (Å²) in [5.41, 5.74) is 14.0. The van der Waals surface area contributed by atoms with Gasteiger partial charge in [0.2, 0.25) is 0 Å². The van der Waals surface area contributed by atoms with E-state index in [0.717, 1.165) is 5.56 Å². The number of hydrogen-bond acceptors (Lipinski definition) is 4. The normalized spacial score (nSPS) is 10.2. The number of benzene rings is 2. The summed E-state index contributed by atoms with van der Waals surface area (Å²) in [7, 11) is 1.57. The number of phenols is 1. The van der Waals surface area contributed by atoms with Crippen molar-refractivity contribution in [1.82, 2.24) is 0 Å². The van der Waals surface area contributed by atoms with Gasteiger partial charge in [-0.05, 0) is 30.3 Å². The fraction of sp³-hybridized carbons (Fsp3) is 0.0769.